The Morgan fingerprint density at radius 1 is 1.22 bits per heavy atom. The Morgan fingerprint density at radius 3 is 2.93 bits per heavy atom. The second-order valence-electron chi connectivity index (χ2n) is 7.07. The molecule has 5 rings (SSSR count). The van der Waals surface area contributed by atoms with Gasteiger partial charge in [-0.2, -0.15) is 5.10 Å². The summed E-state index contributed by atoms with van der Waals surface area (Å²) in [5, 5.41) is 17.1. The van der Waals surface area contributed by atoms with E-state index in [0.29, 0.717) is 0 Å². The highest BCUT2D eigenvalue weighted by Gasteiger charge is 2.25. The lowest BCUT2D eigenvalue weighted by molar-refractivity contribution is 0.00856. The van der Waals surface area contributed by atoms with Crippen molar-refractivity contribution in [3.8, 4) is 11.3 Å². The van der Waals surface area contributed by atoms with Crippen LogP contribution in [-0.2, 0) is 11.8 Å². The zero-order valence-corrected chi connectivity index (χ0v) is 15.8. The van der Waals surface area contributed by atoms with Crippen LogP contribution < -0.4 is 0 Å². The Labute approximate surface area is 160 Å². The number of aryl methyl sites for hydroxylation is 1. The Morgan fingerprint density at radius 2 is 2.07 bits per heavy atom. The molecule has 7 heteroatoms. The third kappa shape index (κ3) is 3.12. The van der Waals surface area contributed by atoms with Crippen LogP contribution in [0.2, 0.25) is 0 Å². The van der Waals surface area contributed by atoms with E-state index in [1.807, 2.05) is 25.5 Å². The van der Waals surface area contributed by atoms with Crippen molar-refractivity contribution in [2.24, 2.45) is 13.0 Å². The summed E-state index contributed by atoms with van der Waals surface area (Å²) in [4.78, 5) is 11.2. The van der Waals surface area contributed by atoms with Crippen LogP contribution in [0.25, 0.3) is 32.5 Å². The van der Waals surface area contributed by atoms with Gasteiger partial charge in [0.05, 0.1) is 11.8 Å². The maximum Gasteiger partial charge on any atom is 0.181 e. The summed E-state index contributed by atoms with van der Waals surface area (Å²) in [6.45, 7) is 1.47. The maximum absolute atomic E-state index is 10.8. The fraction of sp³-hybridized carbons (Fsp3) is 0.350. The van der Waals surface area contributed by atoms with Gasteiger partial charge in [0, 0.05) is 53.9 Å². The van der Waals surface area contributed by atoms with E-state index >= 15 is 0 Å². The topological polar surface area (TPSA) is 73.1 Å². The molecule has 1 atom stereocenters. The first-order valence-corrected chi connectivity index (χ1v) is 9.95. The zero-order chi connectivity index (χ0) is 18.4. The van der Waals surface area contributed by atoms with Gasteiger partial charge in [-0.3, -0.25) is 4.68 Å². The maximum atomic E-state index is 10.8. The molecule has 0 aliphatic carbocycles. The van der Waals surface area contributed by atoms with Crippen molar-refractivity contribution >= 4 is 32.6 Å². The van der Waals surface area contributed by atoms with Crippen LogP contribution in [0, 0.1) is 5.92 Å². The van der Waals surface area contributed by atoms with Crippen LogP contribution in [-0.4, -0.2) is 38.1 Å². The Bertz CT molecular complexity index is 1110. The van der Waals surface area contributed by atoms with E-state index in [2.05, 4.69) is 28.3 Å². The van der Waals surface area contributed by atoms with Crippen LogP contribution in [0.15, 0.2) is 36.7 Å². The molecule has 5 heterocycles. The molecule has 0 spiro atoms. The molecule has 0 bridgehead atoms. The van der Waals surface area contributed by atoms with Crippen molar-refractivity contribution < 1.29 is 9.84 Å². The van der Waals surface area contributed by atoms with E-state index in [9.17, 15) is 5.11 Å². The molecule has 1 aliphatic rings. The van der Waals surface area contributed by atoms with Gasteiger partial charge in [-0.25, -0.2) is 9.97 Å². The summed E-state index contributed by atoms with van der Waals surface area (Å²) < 4.78 is 7.17. The van der Waals surface area contributed by atoms with Crippen LogP contribution >= 0.6 is 11.3 Å². The van der Waals surface area contributed by atoms with Crippen molar-refractivity contribution in [1.82, 2.24) is 19.7 Å². The van der Waals surface area contributed by atoms with Crippen LogP contribution in [0.1, 0.15) is 23.8 Å². The quantitative estimate of drug-likeness (QED) is 0.587. The number of aliphatic hydroxyl groups excluding tert-OH is 1. The number of hydrogen-bond acceptors (Lipinski definition) is 6. The van der Waals surface area contributed by atoms with Gasteiger partial charge in [-0.15, -0.1) is 11.3 Å². The first-order valence-electron chi connectivity index (χ1n) is 9.13. The summed E-state index contributed by atoms with van der Waals surface area (Å²) in [5.41, 5.74) is 2.59. The second kappa shape index (κ2) is 6.67. The van der Waals surface area contributed by atoms with Crippen molar-refractivity contribution in [1.29, 1.82) is 0 Å². The predicted octanol–water partition coefficient (Wildman–Crippen LogP) is 3.71. The molecule has 0 radical (unpaired) electrons. The molecule has 0 amide bonds. The monoisotopic (exact) mass is 380 g/mol. The Balaban J connectivity index is 1.49. The molecular weight excluding hydrogens is 360 g/mol. The smallest absolute Gasteiger partial charge is 0.181 e. The largest absolute Gasteiger partial charge is 0.387 e. The van der Waals surface area contributed by atoms with Crippen molar-refractivity contribution in [2.75, 3.05) is 13.2 Å². The molecule has 0 saturated carbocycles. The van der Waals surface area contributed by atoms with E-state index in [4.69, 9.17) is 9.72 Å². The summed E-state index contributed by atoms with van der Waals surface area (Å²) in [6, 6.07) is 8.22. The molecular formula is C20H20N4O2S. The first-order chi connectivity index (χ1) is 13.2. The van der Waals surface area contributed by atoms with Crippen LogP contribution in [0.4, 0.5) is 0 Å². The number of pyridine rings is 2. The molecule has 1 aliphatic heterocycles. The first kappa shape index (κ1) is 16.8. The van der Waals surface area contributed by atoms with E-state index < -0.39 is 6.10 Å². The zero-order valence-electron chi connectivity index (χ0n) is 15.0. The van der Waals surface area contributed by atoms with Gasteiger partial charge in [-0.05, 0) is 43.0 Å². The molecule has 138 valence electrons. The van der Waals surface area contributed by atoms with Gasteiger partial charge < -0.3 is 9.84 Å². The average Bonchev–Trinajstić information content (AvgIpc) is 3.29. The number of thiophene rings is 1. The highest BCUT2D eigenvalue weighted by Crippen LogP contribution is 2.37. The SMILES string of the molecule is Cn1cc2cc(-c3ccc4cc([C@@H](O)C5CCOCC5)sc4n3)cnc2n1. The standard InChI is InChI=1S/C20H20N4O2S/c1-24-11-15-8-14(10-21-19(15)23-24)16-3-2-13-9-17(27-20(13)22-16)18(25)12-4-6-26-7-5-12/h2-3,8-12,18,25H,4-7H2,1H3/t18-/m0/s1. The number of ether oxygens (including phenoxy) is 1. The molecule has 0 aromatic carbocycles. The highest BCUT2D eigenvalue weighted by atomic mass is 32.1. The third-order valence-corrected chi connectivity index (χ3v) is 6.29. The van der Waals surface area contributed by atoms with E-state index in [1.165, 1.54) is 0 Å². The van der Waals surface area contributed by atoms with Crippen molar-refractivity contribution in [3.63, 3.8) is 0 Å². The number of fused-ring (bicyclic) bond motifs is 2. The number of aromatic nitrogens is 4. The Kier molecular flexibility index (Phi) is 4.15. The van der Waals surface area contributed by atoms with Gasteiger partial charge >= 0.3 is 0 Å². The summed E-state index contributed by atoms with van der Waals surface area (Å²) in [7, 11) is 1.89. The molecule has 1 saturated heterocycles. The minimum absolute atomic E-state index is 0.267. The Hall–Kier alpha value is -2.35. The second-order valence-corrected chi connectivity index (χ2v) is 8.14. The molecule has 1 N–H and O–H groups in total. The van der Waals surface area contributed by atoms with Gasteiger partial charge in [-0.1, -0.05) is 0 Å². The minimum atomic E-state index is -0.440. The summed E-state index contributed by atoms with van der Waals surface area (Å²) in [5.74, 6) is 0.267. The van der Waals surface area contributed by atoms with Gasteiger partial charge in [0.2, 0.25) is 0 Å². The fourth-order valence-electron chi connectivity index (χ4n) is 3.68. The van der Waals surface area contributed by atoms with E-state index in [1.54, 1.807) is 16.0 Å². The van der Waals surface area contributed by atoms with Crippen LogP contribution in [0.3, 0.4) is 0 Å². The normalized spacial score (nSPS) is 17.0. The third-order valence-electron chi connectivity index (χ3n) is 5.18. The lowest BCUT2D eigenvalue weighted by Gasteiger charge is -2.25. The lowest BCUT2D eigenvalue weighted by Crippen LogP contribution is -2.21. The fourth-order valence-corrected chi connectivity index (χ4v) is 4.79. The molecule has 1 fully saturated rings. The lowest BCUT2D eigenvalue weighted by atomic mass is 9.93. The summed E-state index contributed by atoms with van der Waals surface area (Å²) in [6.07, 6.45) is 5.15. The van der Waals surface area contributed by atoms with Crippen molar-refractivity contribution in [3.05, 3.63) is 41.5 Å². The molecule has 0 unspecified atom stereocenters. The average molecular weight is 380 g/mol. The molecule has 27 heavy (non-hydrogen) atoms. The van der Waals surface area contributed by atoms with Crippen molar-refractivity contribution in [2.45, 2.75) is 18.9 Å². The minimum Gasteiger partial charge on any atom is -0.387 e. The number of nitrogens with zero attached hydrogens (tertiary/aromatic N) is 4. The highest BCUT2D eigenvalue weighted by molar-refractivity contribution is 7.18. The van der Waals surface area contributed by atoms with Gasteiger partial charge in [0.15, 0.2) is 5.65 Å². The van der Waals surface area contributed by atoms with Crippen LogP contribution in [0.5, 0.6) is 0 Å². The van der Waals surface area contributed by atoms with Gasteiger partial charge in [0.1, 0.15) is 4.83 Å². The number of rotatable bonds is 3. The molecule has 6 nitrogen and oxygen atoms in total. The van der Waals surface area contributed by atoms with Gasteiger partial charge in [0.25, 0.3) is 0 Å². The number of aliphatic hydroxyl groups is 1. The molecule has 4 aromatic heterocycles. The van der Waals surface area contributed by atoms with E-state index in [-0.39, 0.29) is 5.92 Å². The molecule has 4 aromatic rings. The van der Waals surface area contributed by atoms with E-state index in [0.717, 1.165) is 63.4 Å². The number of hydrogen-bond donors (Lipinski definition) is 1. The predicted molar refractivity (Wildman–Crippen MR) is 106 cm³/mol. The summed E-state index contributed by atoms with van der Waals surface area (Å²) >= 11 is 1.58.